The van der Waals surface area contributed by atoms with Crippen molar-refractivity contribution in [1.29, 1.82) is 0 Å². The lowest BCUT2D eigenvalue weighted by atomic mass is 10.2. The number of hydrogen-bond donors (Lipinski definition) is 0. The van der Waals surface area contributed by atoms with Gasteiger partial charge in [0.05, 0.1) is 25.4 Å². The maximum atomic E-state index is 5.46. The summed E-state index contributed by atoms with van der Waals surface area (Å²) < 4.78 is 10.9. The molecule has 2 saturated heterocycles. The molecular weight excluding hydrogens is 136 g/mol. The molecule has 0 bridgehead atoms. The van der Waals surface area contributed by atoms with Crippen LogP contribution in [-0.2, 0) is 9.47 Å². The first-order valence-corrected chi connectivity index (χ1v) is 4.43. The van der Waals surface area contributed by atoms with E-state index in [1.165, 1.54) is 0 Å². The Morgan fingerprint density at radius 2 is 1.56 bits per heavy atom. The highest BCUT2D eigenvalue weighted by atomic mass is 32.2. The molecular formula is C6H10O2S. The molecule has 2 heterocycles. The van der Waals surface area contributed by atoms with Crippen LogP contribution in [-0.4, -0.2) is 36.9 Å². The molecule has 52 valence electrons. The van der Waals surface area contributed by atoms with Crippen molar-refractivity contribution in [3.05, 3.63) is 0 Å². The summed E-state index contributed by atoms with van der Waals surface area (Å²) in [6.07, 6.45) is 0.812. The average molecular weight is 146 g/mol. The molecule has 0 N–H and O–H groups in total. The zero-order valence-corrected chi connectivity index (χ0v) is 6.02. The largest absolute Gasteiger partial charge is 0.372 e. The Balaban J connectivity index is 1.97. The molecule has 2 nitrogen and oxygen atoms in total. The molecule has 2 rings (SSSR count). The molecule has 0 spiro atoms. The normalized spacial score (nSPS) is 42.7. The molecule has 2 atom stereocenters. The number of ether oxygens (including phenoxy) is 2. The van der Waals surface area contributed by atoms with Gasteiger partial charge in [-0.2, -0.15) is 11.8 Å². The van der Waals surface area contributed by atoms with Crippen molar-refractivity contribution < 1.29 is 9.47 Å². The van der Waals surface area contributed by atoms with Crippen LogP contribution in [0.1, 0.15) is 0 Å². The second kappa shape index (κ2) is 2.48. The van der Waals surface area contributed by atoms with Gasteiger partial charge >= 0.3 is 0 Å². The molecule has 0 amide bonds. The van der Waals surface area contributed by atoms with Crippen LogP contribution in [0.15, 0.2) is 0 Å². The van der Waals surface area contributed by atoms with Crippen LogP contribution in [0.2, 0.25) is 0 Å². The predicted molar refractivity (Wildman–Crippen MR) is 36.8 cm³/mol. The number of fused-ring (bicyclic) bond motifs is 1. The van der Waals surface area contributed by atoms with E-state index in [2.05, 4.69) is 0 Å². The van der Waals surface area contributed by atoms with E-state index in [4.69, 9.17) is 9.47 Å². The second-order valence-electron chi connectivity index (χ2n) is 2.36. The van der Waals surface area contributed by atoms with Gasteiger partial charge in [0.1, 0.15) is 0 Å². The molecule has 0 saturated carbocycles. The molecule has 0 aromatic rings. The van der Waals surface area contributed by atoms with Crippen LogP contribution in [0.5, 0.6) is 0 Å². The summed E-state index contributed by atoms with van der Waals surface area (Å²) >= 11 is 1.93. The van der Waals surface area contributed by atoms with Gasteiger partial charge < -0.3 is 9.47 Å². The standard InChI is InChI=1S/C6H10O2S/c1-2-8-6-4-9-3-5(6)7-1/h5-6H,1-4H2. The molecule has 0 radical (unpaired) electrons. The monoisotopic (exact) mass is 146 g/mol. The molecule has 2 unspecified atom stereocenters. The Morgan fingerprint density at radius 3 is 2.11 bits per heavy atom. The highest BCUT2D eigenvalue weighted by molar-refractivity contribution is 7.99. The number of rotatable bonds is 0. The van der Waals surface area contributed by atoms with Crippen LogP contribution in [0.4, 0.5) is 0 Å². The Kier molecular flexibility index (Phi) is 1.66. The van der Waals surface area contributed by atoms with Crippen LogP contribution in [0, 0.1) is 0 Å². The SMILES string of the molecule is C1COC2CSCC2O1. The molecule has 0 aromatic carbocycles. The zero-order chi connectivity index (χ0) is 6.10. The van der Waals surface area contributed by atoms with Gasteiger partial charge in [-0.05, 0) is 0 Å². The first-order chi connectivity index (χ1) is 4.47. The van der Waals surface area contributed by atoms with E-state index in [1.807, 2.05) is 11.8 Å². The third-order valence-electron chi connectivity index (χ3n) is 1.73. The maximum absolute atomic E-state index is 5.46. The van der Waals surface area contributed by atoms with E-state index in [1.54, 1.807) is 0 Å². The van der Waals surface area contributed by atoms with Crippen molar-refractivity contribution >= 4 is 11.8 Å². The highest BCUT2D eigenvalue weighted by Crippen LogP contribution is 2.25. The Hall–Kier alpha value is 0.270. The molecule has 0 aromatic heterocycles. The van der Waals surface area contributed by atoms with Crippen LogP contribution in [0.25, 0.3) is 0 Å². The second-order valence-corrected chi connectivity index (χ2v) is 3.43. The van der Waals surface area contributed by atoms with Gasteiger partial charge in [-0.15, -0.1) is 0 Å². The fourth-order valence-electron chi connectivity index (χ4n) is 1.22. The third kappa shape index (κ3) is 1.09. The predicted octanol–water partition coefficient (Wildman–Crippen LogP) is 0.517. The van der Waals surface area contributed by atoms with Crippen LogP contribution >= 0.6 is 11.8 Å². The summed E-state index contributed by atoms with van der Waals surface area (Å²) in [7, 11) is 0. The molecule has 2 fully saturated rings. The molecule has 3 heteroatoms. The minimum atomic E-state index is 0.406. The van der Waals surface area contributed by atoms with Gasteiger partial charge in [0.2, 0.25) is 0 Å². The van der Waals surface area contributed by atoms with Crippen molar-refractivity contribution in [3.8, 4) is 0 Å². The van der Waals surface area contributed by atoms with E-state index in [0.717, 1.165) is 24.7 Å². The third-order valence-corrected chi connectivity index (χ3v) is 2.85. The van der Waals surface area contributed by atoms with E-state index < -0.39 is 0 Å². The van der Waals surface area contributed by atoms with Crippen LogP contribution < -0.4 is 0 Å². The number of thioether (sulfide) groups is 1. The Labute approximate surface area is 58.9 Å². The Morgan fingerprint density at radius 1 is 1.00 bits per heavy atom. The highest BCUT2D eigenvalue weighted by Gasteiger charge is 2.31. The summed E-state index contributed by atoms with van der Waals surface area (Å²) in [4.78, 5) is 0. The summed E-state index contributed by atoms with van der Waals surface area (Å²) in [5, 5.41) is 0. The first kappa shape index (κ1) is 6.01. The van der Waals surface area contributed by atoms with E-state index in [9.17, 15) is 0 Å². The van der Waals surface area contributed by atoms with Crippen molar-refractivity contribution in [2.75, 3.05) is 24.7 Å². The van der Waals surface area contributed by atoms with Gasteiger partial charge in [-0.1, -0.05) is 0 Å². The van der Waals surface area contributed by atoms with Crippen molar-refractivity contribution in [2.45, 2.75) is 12.2 Å². The van der Waals surface area contributed by atoms with Gasteiger partial charge in [-0.25, -0.2) is 0 Å². The quantitative estimate of drug-likeness (QED) is 0.496. The van der Waals surface area contributed by atoms with Gasteiger partial charge in [0.15, 0.2) is 0 Å². The fourth-order valence-corrected chi connectivity index (χ4v) is 2.45. The molecule has 9 heavy (non-hydrogen) atoms. The lowest BCUT2D eigenvalue weighted by Crippen LogP contribution is -2.36. The van der Waals surface area contributed by atoms with E-state index in [0.29, 0.717) is 12.2 Å². The summed E-state index contributed by atoms with van der Waals surface area (Å²) in [5.41, 5.74) is 0. The van der Waals surface area contributed by atoms with Crippen LogP contribution in [0.3, 0.4) is 0 Å². The van der Waals surface area contributed by atoms with Crippen molar-refractivity contribution in [3.63, 3.8) is 0 Å². The number of hydrogen-bond acceptors (Lipinski definition) is 3. The molecule has 2 aliphatic heterocycles. The lowest BCUT2D eigenvalue weighted by molar-refractivity contribution is -0.116. The van der Waals surface area contributed by atoms with Crippen molar-refractivity contribution in [2.24, 2.45) is 0 Å². The summed E-state index contributed by atoms with van der Waals surface area (Å²) in [5.74, 6) is 2.26. The first-order valence-electron chi connectivity index (χ1n) is 3.28. The van der Waals surface area contributed by atoms with Gasteiger partial charge in [-0.3, -0.25) is 0 Å². The Bertz CT molecular complexity index is 95.2. The average Bonchev–Trinajstić information content (AvgIpc) is 2.33. The van der Waals surface area contributed by atoms with Gasteiger partial charge in [0, 0.05) is 11.5 Å². The summed E-state index contributed by atoms with van der Waals surface area (Å²) in [6.45, 7) is 1.59. The minimum Gasteiger partial charge on any atom is -0.372 e. The smallest absolute Gasteiger partial charge is 0.0936 e. The topological polar surface area (TPSA) is 18.5 Å². The van der Waals surface area contributed by atoms with Gasteiger partial charge in [0.25, 0.3) is 0 Å². The molecule has 2 aliphatic rings. The zero-order valence-electron chi connectivity index (χ0n) is 5.21. The van der Waals surface area contributed by atoms with E-state index >= 15 is 0 Å². The molecule has 0 aliphatic carbocycles. The maximum Gasteiger partial charge on any atom is 0.0936 e. The lowest BCUT2D eigenvalue weighted by Gasteiger charge is -2.24. The van der Waals surface area contributed by atoms with Crippen molar-refractivity contribution in [1.82, 2.24) is 0 Å². The summed E-state index contributed by atoms with van der Waals surface area (Å²) in [6, 6.07) is 0. The fraction of sp³-hybridized carbons (Fsp3) is 1.00. The van der Waals surface area contributed by atoms with E-state index in [-0.39, 0.29) is 0 Å². The minimum absolute atomic E-state index is 0.406.